The minimum absolute atomic E-state index is 0.0225. The third-order valence-electron chi connectivity index (χ3n) is 4.88. The van der Waals surface area contributed by atoms with Gasteiger partial charge in [-0.2, -0.15) is 0 Å². The van der Waals surface area contributed by atoms with Crippen LogP contribution in [0.5, 0.6) is 0 Å². The van der Waals surface area contributed by atoms with Crippen LogP contribution in [0.4, 0.5) is 20.2 Å². The Balaban J connectivity index is 1.83. The van der Waals surface area contributed by atoms with Crippen LogP contribution < -0.4 is 10.2 Å². The SMILES string of the molecule is Cc1cccc(NC2=C(c3cccs3)C(=O)N(c3ccc(F)c(F)c3)C2=O)c1C. The van der Waals surface area contributed by atoms with Crippen molar-refractivity contribution < 1.29 is 18.4 Å². The van der Waals surface area contributed by atoms with E-state index in [1.165, 1.54) is 17.4 Å². The molecule has 4 rings (SSSR count). The molecule has 2 aromatic carbocycles. The van der Waals surface area contributed by atoms with Gasteiger partial charge in [0, 0.05) is 16.6 Å². The van der Waals surface area contributed by atoms with Crippen LogP contribution in [0.3, 0.4) is 0 Å². The highest BCUT2D eigenvalue weighted by Crippen LogP contribution is 2.36. The van der Waals surface area contributed by atoms with Crippen molar-refractivity contribution in [3.63, 3.8) is 0 Å². The maximum Gasteiger partial charge on any atom is 0.282 e. The van der Waals surface area contributed by atoms with Gasteiger partial charge in [-0.15, -0.1) is 11.3 Å². The second-order valence-corrected chi connectivity index (χ2v) is 7.59. The number of hydrogen-bond donors (Lipinski definition) is 1. The summed E-state index contributed by atoms with van der Waals surface area (Å²) in [5.74, 6) is -3.38. The third-order valence-corrected chi connectivity index (χ3v) is 5.76. The van der Waals surface area contributed by atoms with E-state index in [9.17, 15) is 18.4 Å². The molecule has 2 heterocycles. The number of anilines is 2. The lowest BCUT2D eigenvalue weighted by atomic mass is 10.1. The van der Waals surface area contributed by atoms with Gasteiger partial charge in [0.2, 0.25) is 0 Å². The van der Waals surface area contributed by atoms with Crippen molar-refractivity contribution in [2.24, 2.45) is 0 Å². The molecular formula is C22H16F2N2O2S. The smallest absolute Gasteiger partial charge is 0.282 e. The fourth-order valence-corrected chi connectivity index (χ4v) is 3.94. The maximum absolute atomic E-state index is 13.7. The van der Waals surface area contributed by atoms with Crippen molar-refractivity contribution in [1.29, 1.82) is 0 Å². The number of halogens is 2. The molecule has 7 heteroatoms. The molecule has 1 aromatic heterocycles. The van der Waals surface area contributed by atoms with E-state index in [1.807, 2.05) is 32.0 Å². The predicted octanol–water partition coefficient (Wildman–Crippen LogP) is 5.04. The number of imide groups is 1. The lowest BCUT2D eigenvalue weighted by Gasteiger charge is -2.16. The molecule has 0 saturated heterocycles. The molecule has 2 amide bonds. The molecule has 1 aliphatic rings. The highest BCUT2D eigenvalue weighted by atomic mass is 32.1. The van der Waals surface area contributed by atoms with Gasteiger partial charge in [-0.3, -0.25) is 9.59 Å². The second-order valence-electron chi connectivity index (χ2n) is 6.64. The zero-order valence-electron chi connectivity index (χ0n) is 15.6. The van der Waals surface area contributed by atoms with Gasteiger partial charge in [0.15, 0.2) is 11.6 Å². The monoisotopic (exact) mass is 410 g/mol. The van der Waals surface area contributed by atoms with E-state index in [1.54, 1.807) is 17.5 Å². The van der Waals surface area contributed by atoms with E-state index in [-0.39, 0.29) is 17.0 Å². The molecule has 29 heavy (non-hydrogen) atoms. The first-order valence-electron chi connectivity index (χ1n) is 8.83. The van der Waals surface area contributed by atoms with Crippen LogP contribution in [-0.4, -0.2) is 11.8 Å². The Kier molecular flexibility index (Phi) is 4.76. The largest absolute Gasteiger partial charge is 0.350 e. The van der Waals surface area contributed by atoms with Gasteiger partial charge in [0.05, 0.1) is 11.3 Å². The van der Waals surface area contributed by atoms with Gasteiger partial charge < -0.3 is 5.32 Å². The van der Waals surface area contributed by atoms with Crippen LogP contribution >= 0.6 is 11.3 Å². The molecule has 0 aliphatic carbocycles. The summed E-state index contributed by atoms with van der Waals surface area (Å²) in [4.78, 5) is 27.8. The highest BCUT2D eigenvalue weighted by Gasteiger charge is 2.41. The molecule has 0 radical (unpaired) electrons. The lowest BCUT2D eigenvalue weighted by Crippen LogP contribution is -2.32. The Morgan fingerprint density at radius 1 is 0.931 bits per heavy atom. The van der Waals surface area contributed by atoms with E-state index >= 15 is 0 Å². The lowest BCUT2D eigenvalue weighted by molar-refractivity contribution is -0.120. The third kappa shape index (κ3) is 3.23. The first-order valence-corrected chi connectivity index (χ1v) is 9.71. The fourth-order valence-electron chi connectivity index (χ4n) is 3.17. The molecule has 0 fully saturated rings. The van der Waals surface area contributed by atoms with Crippen LogP contribution in [-0.2, 0) is 9.59 Å². The number of benzene rings is 2. The minimum Gasteiger partial charge on any atom is -0.350 e. The Morgan fingerprint density at radius 3 is 2.41 bits per heavy atom. The molecule has 0 unspecified atom stereocenters. The average molecular weight is 410 g/mol. The summed E-state index contributed by atoms with van der Waals surface area (Å²) in [6.45, 7) is 3.86. The van der Waals surface area contributed by atoms with Crippen molar-refractivity contribution >= 4 is 40.1 Å². The molecule has 0 saturated carbocycles. The van der Waals surface area contributed by atoms with E-state index in [4.69, 9.17) is 0 Å². The zero-order chi connectivity index (χ0) is 20.7. The van der Waals surface area contributed by atoms with Crippen LogP contribution in [0.25, 0.3) is 5.57 Å². The van der Waals surface area contributed by atoms with Crippen molar-refractivity contribution in [1.82, 2.24) is 0 Å². The van der Waals surface area contributed by atoms with Gasteiger partial charge in [-0.25, -0.2) is 13.7 Å². The number of amides is 2. The molecular weight excluding hydrogens is 394 g/mol. The first-order chi connectivity index (χ1) is 13.9. The summed E-state index contributed by atoms with van der Waals surface area (Å²) in [7, 11) is 0. The fraction of sp³-hybridized carbons (Fsp3) is 0.0909. The molecule has 1 aliphatic heterocycles. The molecule has 1 N–H and O–H groups in total. The van der Waals surface area contributed by atoms with Crippen LogP contribution in [0.2, 0.25) is 0 Å². The maximum atomic E-state index is 13.7. The summed E-state index contributed by atoms with van der Waals surface area (Å²) in [5.41, 5.74) is 2.96. The Morgan fingerprint density at radius 2 is 1.72 bits per heavy atom. The van der Waals surface area contributed by atoms with Crippen molar-refractivity contribution in [2.45, 2.75) is 13.8 Å². The van der Waals surface area contributed by atoms with E-state index < -0.39 is 23.4 Å². The Labute approximate surface area is 170 Å². The Bertz CT molecular complexity index is 1170. The number of nitrogens with one attached hydrogen (secondary N) is 1. The standard InChI is InChI=1S/C22H16F2N2O2S/c1-12-5-3-6-17(13(12)2)25-20-19(18-7-4-10-29-18)21(27)26(22(20)28)14-8-9-15(23)16(24)11-14/h3-11,25H,1-2H3. The molecule has 4 nitrogen and oxygen atoms in total. The highest BCUT2D eigenvalue weighted by molar-refractivity contribution is 7.11. The second kappa shape index (κ2) is 7.25. The minimum atomic E-state index is -1.13. The molecule has 0 bridgehead atoms. The normalized spacial score (nSPS) is 14.1. The van der Waals surface area contributed by atoms with Crippen molar-refractivity contribution in [3.8, 4) is 0 Å². The zero-order valence-corrected chi connectivity index (χ0v) is 16.4. The van der Waals surface area contributed by atoms with Crippen molar-refractivity contribution in [2.75, 3.05) is 10.2 Å². The summed E-state index contributed by atoms with van der Waals surface area (Å²) in [6.07, 6.45) is 0. The number of carbonyl (C=O) groups is 2. The van der Waals surface area contributed by atoms with Crippen LogP contribution in [0, 0.1) is 25.5 Å². The summed E-state index contributed by atoms with van der Waals surface area (Å²) >= 11 is 1.32. The van der Waals surface area contributed by atoms with Gasteiger partial charge in [-0.1, -0.05) is 18.2 Å². The number of hydrogen-bond acceptors (Lipinski definition) is 4. The average Bonchev–Trinajstić information content (AvgIpc) is 3.29. The number of carbonyl (C=O) groups excluding carboxylic acids is 2. The predicted molar refractivity (Wildman–Crippen MR) is 110 cm³/mol. The van der Waals surface area contributed by atoms with Gasteiger partial charge in [-0.05, 0) is 54.6 Å². The Hall–Kier alpha value is -3.32. The number of thiophene rings is 1. The molecule has 3 aromatic rings. The van der Waals surface area contributed by atoms with Gasteiger partial charge >= 0.3 is 0 Å². The summed E-state index contributed by atoms with van der Waals surface area (Å²) in [5, 5.41) is 4.90. The molecule has 146 valence electrons. The molecule has 0 spiro atoms. The number of nitrogens with zero attached hydrogens (tertiary/aromatic N) is 1. The topological polar surface area (TPSA) is 49.4 Å². The van der Waals surface area contributed by atoms with Gasteiger partial charge in [0.25, 0.3) is 11.8 Å². The quantitative estimate of drug-likeness (QED) is 0.613. The number of aryl methyl sites for hydroxylation is 1. The van der Waals surface area contributed by atoms with Crippen molar-refractivity contribution in [3.05, 3.63) is 87.2 Å². The van der Waals surface area contributed by atoms with Gasteiger partial charge in [0.1, 0.15) is 5.70 Å². The first kappa shape index (κ1) is 19.0. The number of rotatable bonds is 4. The van der Waals surface area contributed by atoms with E-state index in [2.05, 4.69) is 5.32 Å². The summed E-state index contributed by atoms with van der Waals surface area (Å²) < 4.78 is 27.1. The van der Waals surface area contributed by atoms with Crippen LogP contribution in [0.15, 0.2) is 59.6 Å². The summed E-state index contributed by atoms with van der Waals surface area (Å²) in [6, 6.07) is 12.1. The van der Waals surface area contributed by atoms with Crippen LogP contribution in [0.1, 0.15) is 16.0 Å². The van der Waals surface area contributed by atoms with E-state index in [0.717, 1.165) is 28.2 Å². The molecule has 0 atom stereocenters. The van der Waals surface area contributed by atoms with E-state index in [0.29, 0.717) is 10.6 Å².